The van der Waals surface area contributed by atoms with Gasteiger partial charge < -0.3 is 19.5 Å². The second kappa shape index (κ2) is 7.53. The highest BCUT2D eigenvalue weighted by Crippen LogP contribution is 2.24. The summed E-state index contributed by atoms with van der Waals surface area (Å²) in [5, 5.41) is 20.9. The molecule has 0 spiro atoms. The van der Waals surface area contributed by atoms with Gasteiger partial charge in [0.05, 0.1) is 19.2 Å². The Bertz CT molecular complexity index is 476. The number of carbonyl (C=O) groups is 2. The summed E-state index contributed by atoms with van der Waals surface area (Å²) in [6.07, 6.45) is 0. The molecule has 0 unspecified atom stereocenters. The molecule has 1 aliphatic heterocycles. The van der Waals surface area contributed by atoms with Gasteiger partial charge in [-0.2, -0.15) is 0 Å². The molecular weight excluding hydrogens is 304 g/mol. The van der Waals surface area contributed by atoms with Crippen LogP contribution in [0, 0.1) is 0 Å². The maximum Gasteiger partial charge on any atom is 0.281 e. The molecule has 110 valence electrons. The maximum atomic E-state index is 11.8. The fourth-order valence-corrected chi connectivity index (χ4v) is 3.15. The molecule has 2 N–H and O–H groups in total. The Hall–Kier alpha value is -1.23. The van der Waals surface area contributed by atoms with E-state index in [1.54, 1.807) is 0 Å². The van der Waals surface area contributed by atoms with Crippen LogP contribution in [0.15, 0.2) is 4.34 Å². The number of thioether (sulfide) groups is 1. The molecule has 0 bridgehead atoms. The summed E-state index contributed by atoms with van der Waals surface area (Å²) in [5.74, 6) is -1.47. The Morgan fingerprint density at radius 1 is 1.40 bits per heavy atom. The molecule has 8 nitrogen and oxygen atoms in total. The molecule has 1 amide bonds. The number of quaternary nitrogens is 1. The fraction of sp³-hybridized carbons (Fsp3) is 0.600. The van der Waals surface area contributed by atoms with E-state index in [4.69, 9.17) is 4.74 Å². The second-order valence-electron chi connectivity index (χ2n) is 4.12. The fourth-order valence-electron chi connectivity index (χ4n) is 1.67. The van der Waals surface area contributed by atoms with Crippen molar-refractivity contribution in [3.05, 3.63) is 0 Å². The van der Waals surface area contributed by atoms with Gasteiger partial charge in [0, 0.05) is 5.75 Å². The van der Waals surface area contributed by atoms with E-state index in [-0.39, 0.29) is 11.7 Å². The Kier molecular flexibility index (Phi) is 5.71. The second-order valence-corrected chi connectivity index (χ2v) is 6.32. The topological polar surface area (TPSA) is 109 Å². The van der Waals surface area contributed by atoms with E-state index in [2.05, 4.69) is 15.5 Å². The van der Waals surface area contributed by atoms with E-state index in [1.165, 1.54) is 4.90 Å². The first-order valence-electron chi connectivity index (χ1n) is 6.01. The van der Waals surface area contributed by atoms with Crippen molar-refractivity contribution in [3.63, 3.8) is 0 Å². The SMILES string of the molecule is O=C([O-])CSc1nnc(NC(=O)C[NH+]2CCOCC2)s1. The van der Waals surface area contributed by atoms with Crippen molar-refractivity contribution >= 4 is 40.1 Å². The Morgan fingerprint density at radius 2 is 2.15 bits per heavy atom. The lowest BCUT2D eigenvalue weighted by atomic mass is 10.4. The Morgan fingerprint density at radius 3 is 2.85 bits per heavy atom. The highest BCUT2D eigenvalue weighted by Gasteiger charge is 2.18. The molecule has 0 aliphatic carbocycles. The predicted octanol–water partition coefficient (Wildman–Crippen LogP) is -2.77. The van der Waals surface area contributed by atoms with Gasteiger partial charge >= 0.3 is 0 Å². The molecule has 1 aromatic heterocycles. The summed E-state index contributed by atoms with van der Waals surface area (Å²) in [7, 11) is 0. The van der Waals surface area contributed by atoms with Crippen LogP contribution in [0.1, 0.15) is 0 Å². The number of aliphatic carboxylic acids is 1. The molecule has 20 heavy (non-hydrogen) atoms. The standard InChI is InChI=1S/C10H14N4O4S2/c15-7(5-14-1-3-18-4-2-14)11-9-12-13-10(20-9)19-6-8(16)17/h1-6H2,(H,16,17)(H,11,12,15). The molecule has 1 aromatic rings. The highest BCUT2D eigenvalue weighted by molar-refractivity contribution is 8.01. The van der Waals surface area contributed by atoms with Crippen molar-refractivity contribution in [3.8, 4) is 0 Å². The van der Waals surface area contributed by atoms with E-state index >= 15 is 0 Å². The van der Waals surface area contributed by atoms with Crippen LogP contribution < -0.4 is 15.3 Å². The third-order valence-electron chi connectivity index (χ3n) is 2.58. The lowest BCUT2D eigenvalue weighted by Gasteiger charge is -2.22. The molecule has 2 rings (SSSR count). The van der Waals surface area contributed by atoms with E-state index in [1.807, 2.05) is 0 Å². The number of carboxylic acid groups (broad SMARTS) is 1. The molecule has 0 atom stereocenters. The molecule has 0 radical (unpaired) electrons. The largest absolute Gasteiger partial charge is 0.549 e. The number of nitrogens with one attached hydrogen (secondary N) is 2. The molecule has 0 saturated carbocycles. The number of amides is 1. The van der Waals surface area contributed by atoms with E-state index in [9.17, 15) is 14.7 Å². The van der Waals surface area contributed by atoms with Crippen LogP contribution in [0.5, 0.6) is 0 Å². The molecule has 1 fully saturated rings. The zero-order chi connectivity index (χ0) is 14.4. The molecule has 0 aromatic carbocycles. The zero-order valence-electron chi connectivity index (χ0n) is 10.6. The van der Waals surface area contributed by atoms with Crippen LogP contribution in [0.25, 0.3) is 0 Å². The van der Waals surface area contributed by atoms with Gasteiger partial charge in [0.25, 0.3) is 5.91 Å². The minimum absolute atomic E-state index is 0.130. The molecule has 1 aliphatic rings. The highest BCUT2D eigenvalue weighted by atomic mass is 32.2. The zero-order valence-corrected chi connectivity index (χ0v) is 12.2. The van der Waals surface area contributed by atoms with Crippen molar-refractivity contribution in [1.82, 2.24) is 10.2 Å². The van der Waals surface area contributed by atoms with Crippen LogP contribution in [-0.2, 0) is 14.3 Å². The van der Waals surface area contributed by atoms with E-state index in [0.717, 1.165) is 36.2 Å². The van der Waals surface area contributed by atoms with E-state index in [0.29, 0.717) is 29.2 Å². The number of anilines is 1. The van der Waals surface area contributed by atoms with Crippen LogP contribution in [0.3, 0.4) is 0 Å². The molecule has 1 saturated heterocycles. The summed E-state index contributed by atoms with van der Waals surface area (Å²) in [6.45, 7) is 3.34. The van der Waals surface area contributed by atoms with E-state index < -0.39 is 5.97 Å². The number of aromatic nitrogens is 2. The quantitative estimate of drug-likeness (QED) is 0.432. The van der Waals surface area contributed by atoms with Gasteiger partial charge in [-0.1, -0.05) is 23.1 Å². The van der Waals surface area contributed by atoms with Crippen LogP contribution in [-0.4, -0.2) is 60.7 Å². The van der Waals surface area contributed by atoms with Crippen molar-refractivity contribution in [2.24, 2.45) is 0 Å². The summed E-state index contributed by atoms with van der Waals surface area (Å²) < 4.78 is 5.71. The molecular formula is C10H14N4O4S2. The minimum atomic E-state index is -1.16. The number of carboxylic acids is 1. The van der Waals surface area contributed by atoms with Gasteiger partial charge in [-0.05, 0) is 0 Å². The summed E-state index contributed by atoms with van der Waals surface area (Å²) in [5.41, 5.74) is 0. The third kappa shape index (κ3) is 5.04. The number of rotatable bonds is 6. The number of ether oxygens (including phenoxy) is 1. The number of carbonyl (C=O) groups excluding carboxylic acids is 2. The first-order valence-corrected chi connectivity index (χ1v) is 7.81. The van der Waals surface area contributed by atoms with Gasteiger partial charge in [0.15, 0.2) is 10.9 Å². The first-order chi connectivity index (χ1) is 9.63. The van der Waals surface area contributed by atoms with Gasteiger partial charge in [-0.25, -0.2) is 0 Å². The van der Waals surface area contributed by atoms with Crippen LogP contribution in [0.2, 0.25) is 0 Å². The monoisotopic (exact) mass is 318 g/mol. The number of morpholine rings is 1. The predicted molar refractivity (Wildman–Crippen MR) is 70.7 cm³/mol. The average molecular weight is 318 g/mol. The normalized spacial score (nSPS) is 16.0. The number of nitrogens with zero attached hydrogens (tertiary/aromatic N) is 2. The summed E-state index contributed by atoms with van der Waals surface area (Å²) in [6, 6.07) is 0. The van der Waals surface area contributed by atoms with Crippen LogP contribution >= 0.6 is 23.1 Å². The smallest absolute Gasteiger partial charge is 0.281 e. The van der Waals surface area contributed by atoms with Crippen LogP contribution in [0.4, 0.5) is 5.13 Å². The number of hydrogen-bond donors (Lipinski definition) is 2. The first kappa shape index (κ1) is 15.2. The summed E-state index contributed by atoms with van der Waals surface area (Å²) in [4.78, 5) is 23.3. The van der Waals surface area contributed by atoms with Gasteiger partial charge in [0.2, 0.25) is 5.13 Å². The summed E-state index contributed by atoms with van der Waals surface area (Å²) >= 11 is 2.17. The maximum absolute atomic E-state index is 11.8. The Labute approximate surface area is 123 Å². The molecule has 2 heterocycles. The lowest BCUT2D eigenvalue weighted by molar-refractivity contribution is -0.899. The van der Waals surface area contributed by atoms with Gasteiger partial charge in [-0.3, -0.25) is 10.1 Å². The van der Waals surface area contributed by atoms with Crippen molar-refractivity contribution in [2.75, 3.05) is 43.9 Å². The molecule has 10 heteroatoms. The third-order valence-corrected chi connectivity index (χ3v) is 4.52. The van der Waals surface area contributed by atoms with Crippen molar-refractivity contribution in [2.45, 2.75) is 4.34 Å². The lowest BCUT2D eigenvalue weighted by Crippen LogP contribution is -3.15. The van der Waals surface area contributed by atoms with Gasteiger partial charge in [0.1, 0.15) is 13.1 Å². The van der Waals surface area contributed by atoms with Crippen molar-refractivity contribution in [1.29, 1.82) is 0 Å². The van der Waals surface area contributed by atoms with Crippen molar-refractivity contribution < 1.29 is 24.3 Å². The number of hydrogen-bond acceptors (Lipinski definition) is 8. The average Bonchev–Trinajstić information content (AvgIpc) is 2.85. The van der Waals surface area contributed by atoms with Gasteiger partial charge in [-0.15, -0.1) is 10.2 Å². The minimum Gasteiger partial charge on any atom is -0.549 e. The Balaban J connectivity index is 1.77.